The van der Waals surface area contributed by atoms with Gasteiger partial charge in [0.25, 0.3) is 0 Å². The van der Waals surface area contributed by atoms with Crippen molar-refractivity contribution in [3.63, 3.8) is 0 Å². The number of nitrogens with one attached hydrogen (secondary N) is 2. The number of thioether (sulfide) groups is 1. The number of hydrogen-bond acceptors (Lipinski definition) is 7. The van der Waals surface area contributed by atoms with Crippen LogP contribution in [0, 0.1) is 11.6 Å². The maximum absolute atomic E-state index is 14.8. The van der Waals surface area contributed by atoms with Gasteiger partial charge in [0.15, 0.2) is 0 Å². The molecule has 2 heterocycles. The van der Waals surface area contributed by atoms with E-state index in [4.69, 9.17) is 9.47 Å². The molecule has 0 saturated carbocycles. The molecular weight excluding hydrogens is 770 g/mol. The fraction of sp³-hybridized carbons (Fsp3) is 0.436. The second-order valence-electron chi connectivity index (χ2n) is 14.7. The minimum absolute atomic E-state index is 0.0919. The number of amides is 4. The molecular formula is C39H47BrF2N4O6S. The zero-order valence-corrected chi connectivity index (χ0v) is 33.5. The lowest BCUT2D eigenvalue weighted by molar-refractivity contribution is -0.121. The molecule has 2 unspecified atom stereocenters. The average Bonchev–Trinajstić information content (AvgIpc) is 3.77. The van der Waals surface area contributed by atoms with Crippen LogP contribution in [0.25, 0.3) is 11.1 Å². The van der Waals surface area contributed by atoms with Gasteiger partial charge in [0.05, 0.1) is 11.4 Å². The zero-order chi connectivity index (χ0) is 39.1. The quantitative estimate of drug-likeness (QED) is 0.238. The minimum atomic E-state index is -0.670. The summed E-state index contributed by atoms with van der Waals surface area (Å²) >= 11 is 4.76. The summed E-state index contributed by atoms with van der Waals surface area (Å²) in [5.41, 5.74) is 0.602. The Kier molecular flexibility index (Phi) is 13.9. The molecule has 14 heteroatoms. The molecule has 2 N–H and O–H groups in total. The zero-order valence-electron chi connectivity index (χ0n) is 31.1. The van der Waals surface area contributed by atoms with Gasteiger partial charge in [-0.1, -0.05) is 40.2 Å². The van der Waals surface area contributed by atoms with E-state index in [9.17, 15) is 28.0 Å². The summed E-state index contributed by atoms with van der Waals surface area (Å²) in [4.78, 5) is 53.6. The number of nitrogens with zero attached hydrogens (tertiary/aromatic N) is 2. The predicted octanol–water partition coefficient (Wildman–Crippen LogP) is 9.48. The SMILES string of the molecule is CC(C)(C)OC(=O)N1CCCC1C(=O)Nc1ccc(Br)cc1F.CSc1ccccc1-c1ccc(NC(=O)C2CCCN2C(=O)OC(C)(C)C)c(F)c1. The lowest BCUT2D eigenvalue weighted by atomic mass is 10.0. The van der Waals surface area contributed by atoms with E-state index in [1.54, 1.807) is 71.5 Å². The summed E-state index contributed by atoms with van der Waals surface area (Å²) in [6, 6.07) is 15.6. The maximum Gasteiger partial charge on any atom is 0.410 e. The fourth-order valence-corrected chi connectivity index (χ4v) is 6.80. The molecule has 0 radical (unpaired) electrons. The van der Waals surface area contributed by atoms with Crippen molar-refractivity contribution < 1.29 is 37.4 Å². The summed E-state index contributed by atoms with van der Waals surface area (Å²) < 4.78 is 39.9. The second kappa shape index (κ2) is 17.8. The third-order valence-electron chi connectivity index (χ3n) is 8.20. The van der Waals surface area contributed by atoms with Crippen molar-refractivity contribution in [1.29, 1.82) is 0 Å². The summed E-state index contributed by atoms with van der Waals surface area (Å²) in [7, 11) is 0. The van der Waals surface area contributed by atoms with E-state index in [-0.39, 0.29) is 11.4 Å². The van der Waals surface area contributed by atoms with Crippen LogP contribution < -0.4 is 10.6 Å². The highest BCUT2D eigenvalue weighted by atomic mass is 79.9. The molecule has 3 aromatic carbocycles. The molecule has 3 aromatic rings. The number of hydrogen-bond donors (Lipinski definition) is 2. The van der Waals surface area contributed by atoms with Gasteiger partial charge in [-0.15, -0.1) is 11.8 Å². The van der Waals surface area contributed by atoms with E-state index < -0.39 is 58.9 Å². The fourth-order valence-electron chi connectivity index (χ4n) is 5.85. The van der Waals surface area contributed by atoms with Crippen LogP contribution in [0.1, 0.15) is 67.2 Å². The van der Waals surface area contributed by atoms with Crippen LogP contribution in [-0.2, 0) is 19.1 Å². The Morgan fingerprint density at radius 2 is 1.21 bits per heavy atom. The summed E-state index contributed by atoms with van der Waals surface area (Å²) in [6.07, 6.45) is 3.39. The molecule has 0 bridgehead atoms. The molecule has 0 spiro atoms. The first-order valence-corrected chi connectivity index (χ1v) is 19.4. The van der Waals surface area contributed by atoms with E-state index in [0.29, 0.717) is 43.2 Å². The van der Waals surface area contributed by atoms with Gasteiger partial charge in [-0.05, 0) is 121 Å². The molecule has 0 aromatic heterocycles. The van der Waals surface area contributed by atoms with Crippen LogP contribution in [0.2, 0.25) is 0 Å². The largest absolute Gasteiger partial charge is 0.444 e. The van der Waals surface area contributed by atoms with Gasteiger partial charge < -0.3 is 20.1 Å². The lowest BCUT2D eigenvalue weighted by Crippen LogP contribution is -2.45. The number of ether oxygens (including phenoxy) is 2. The molecule has 2 saturated heterocycles. The number of rotatable bonds is 6. The van der Waals surface area contributed by atoms with Crippen LogP contribution in [0.3, 0.4) is 0 Å². The summed E-state index contributed by atoms with van der Waals surface area (Å²) in [5, 5.41) is 5.18. The minimum Gasteiger partial charge on any atom is -0.444 e. The number of carbonyl (C=O) groups is 4. The summed E-state index contributed by atoms with van der Waals surface area (Å²) in [6.45, 7) is 11.6. The van der Waals surface area contributed by atoms with Gasteiger partial charge in [0.1, 0.15) is 34.9 Å². The average molecular weight is 818 g/mol. The highest BCUT2D eigenvalue weighted by Crippen LogP contribution is 2.32. The van der Waals surface area contributed by atoms with Crippen LogP contribution in [0.15, 0.2) is 70.0 Å². The van der Waals surface area contributed by atoms with Gasteiger partial charge in [0, 0.05) is 22.5 Å². The molecule has 53 heavy (non-hydrogen) atoms. The van der Waals surface area contributed by atoms with Crippen molar-refractivity contribution in [2.45, 2.75) is 95.4 Å². The Morgan fingerprint density at radius 3 is 1.66 bits per heavy atom. The number of anilines is 2. The summed E-state index contributed by atoms with van der Waals surface area (Å²) in [5.74, 6) is -1.86. The smallest absolute Gasteiger partial charge is 0.410 e. The monoisotopic (exact) mass is 816 g/mol. The first-order chi connectivity index (χ1) is 24.9. The van der Waals surface area contributed by atoms with Crippen LogP contribution in [0.5, 0.6) is 0 Å². The van der Waals surface area contributed by atoms with Crippen molar-refractivity contribution in [2.24, 2.45) is 0 Å². The van der Waals surface area contributed by atoms with Crippen molar-refractivity contribution >= 4 is 63.1 Å². The number of benzene rings is 3. The highest BCUT2D eigenvalue weighted by Gasteiger charge is 2.38. The molecule has 10 nitrogen and oxygen atoms in total. The molecule has 2 fully saturated rings. The van der Waals surface area contributed by atoms with Crippen molar-refractivity contribution in [3.8, 4) is 11.1 Å². The molecule has 2 aliphatic heterocycles. The van der Waals surface area contributed by atoms with Crippen molar-refractivity contribution in [1.82, 2.24) is 9.80 Å². The Labute approximate surface area is 322 Å². The molecule has 0 aliphatic carbocycles. The van der Waals surface area contributed by atoms with E-state index in [1.165, 1.54) is 28.0 Å². The van der Waals surface area contributed by atoms with E-state index in [0.717, 1.165) is 16.0 Å². The Hall–Kier alpha value is -4.17. The van der Waals surface area contributed by atoms with Gasteiger partial charge in [0.2, 0.25) is 11.8 Å². The van der Waals surface area contributed by atoms with Crippen molar-refractivity contribution in [3.05, 3.63) is 76.8 Å². The van der Waals surface area contributed by atoms with Crippen LogP contribution in [-0.4, -0.2) is 76.4 Å². The van der Waals surface area contributed by atoms with E-state index in [1.807, 2.05) is 30.5 Å². The molecule has 2 aliphatic rings. The molecule has 4 amide bonds. The Balaban J connectivity index is 0.000000245. The number of likely N-dealkylation sites (tertiary alicyclic amines) is 2. The molecule has 5 rings (SSSR count). The highest BCUT2D eigenvalue weighted by molar-refractivity contribution is 9.10. The Bertz CT molecular complexity index is 1820. The predicted molar refractivity (Wildman–Crippen MR) is 207 cm³/mol. The van der Waals surface area contributed by atoms with Crippen molar-refractivity contribution in [2.75, 3.05) is 30.0 Å². The van der Waals surface area contributed by atoms with E-state index >= 15 is 0 Å². The third kappa shape index (κ3) is 11.7. The molecule has 286 valence electrons. The van der Waals surface area contributed by atoms with Gasteiger partial charge in [-0.3, -0.25) is 19.4 Å². The number of carbonyl (C=O) groups excluding carboxylic acids is 4. The van der Waals surface area contributed by atoms with Crippen LogP contribution in [0.4, 0.5) is 29.7 Å². The van der Waals surface area contributed by atoms with E-state index in [2.05, 4.69) is 26.6 Å². The van der Waals surface area contributed by atoms with Gasteiger partial charge in [-0.25, -0.2) is 18.4 Å². The van der Waals surface area contributed by atoms with Gasteiger partial charge in [-0.2, -0.15) is 0 Å². The van der Waals surface area contributed by atoms with Gasteiger partial charge >= 0.3 is 12.2 Å². The first kappa shape index (κ1) is 41.6. The molecule has 2 atom stereocenters. The maximum atomic E-state index is 14.8. The topological polar surface area (TPSA) is 117 Å². The lowest BCUT2D eigenvalue weighted by Gasteiger charge is -2.28. The van der Waals surface area contributed by atoms with Crippen LogP contribution >= 0.6 is 27.7 Å². The normalized spacial score (nSPS) is 17.1. The standard InChI is InChI=1S/C23H27FN2O3S.C16H20BrFN2O3/c1-23(2,3)29-22(28)26-13-7-9-19(26)21(27)25-18-12-11-15(14-17(18)24)16-8-5-6-10-20(16)30-4;1-16(2,3)23-15(22)20-8-4-5-13(20)14(21)19-12-7-6-10(17)9-11(12)18/h5-6,8,10-12,14,19H,7,9,13H2,1-4H3,(H,25,27);6-7,9,13H,4-5,8H2,1-3H3,(H,19,21). The Morgan fingerprint density at radius 1 is 0.736 bits per heavy atom. The third-order valence-corrected chi connectivity index (χ3v) is 9.49. The number of halogens is 3. The second-order valence-corrected chi connectivity index (χ2v) is 16.4. The first-order valence-electron chi connectivity index (χ1n) is 17.4.